The molecule has 3 amide bonds. The van der Waals surface area contributed by atoms with Crippen LogP contribution in [0.4, 0.5) is 14.5 Å². The molecule has 3 aromatic rings. The Morgan fingerprint density at radius 1 is 1.00 bits per heavy atom. The molecule has 2 aromatic carbocycles. The van der Waals surface area contributed by atoms with Crippen LogP contribution in [-0.2, 0) is 11.2 Å². The number of H-pyrrole nitrogens is 1. The number of aromatic nitrogens is 2. The third-order valence-electron chi connectivity index (χ3n) is 7.51. The lowest BCUT2D eigenvalue weighted by Gasteiger charge is -2.35. The first-order valence-electron chi connectivity index (χ1n) is 13.7. The zero-order valence-corrected chi connectivity index (χ0v) is 23.8. The predicted molar refractivity (Wildman–Crippen MR) is 152 cm³/mol. The van der Waals surface area contributed by atoms with Crippen LogP contribution in [0.5, 0.6) is 5.75 Å². The maximum atomic E-state index is 14.3. The van der Waals surface area contributed by atoms with E-state index in [1.54, 1.807) is 21.9 Å². The fourth-order valence-corrected chi connectivity index (χ4v) is 5.41. The third-order valence-corrected chi connectivity index (χ3v) is 7.82. The lowest BCUT2D eigenvalue weighted by Crippen LogP contribution is -2.52. The zero-order chi connectivity index (χ0) is 29.8. The second-order valence-electron chi connectivity index (χ2n) is 10.3. The number of likely N-dealkylation sites (tertiary alicyclic amines) is 1. The van der Waals surface area contributed by atoms with Crippen molar-refractivity contribution in [1.29, 1.82) is 0 Å². The van der Waals surface area contributed by atoms with Gasteiger partial charge in [-0.05, 0) is 55.8 Å². The number of aromatic amines is 1. The number of nitrogens with one attached hydrogen (secondary N) is 2. The van der Waals surface area contributed by atoms with Crippen LogP contribution in [-0.4, -0.2) is 95.3 Å². The number of nitrogens with zero attached hydrogens (tertiary/aromatic N) is 4. The summed E-state index contributed by atoms with van der Waals surface area (Å²) in [5.41, 5.74) is 1.12. The minimum atomic E-state index is -1.09. The van der Waals surface area contributed by atoms with Crippen LogP contribution in [0, 0.1) is 11.6 Å². The Bertz CT molecular complexity index is 1480. The van der Waals surface area contributed by atoms with Crippen molar-refractivity contribution in [3.63, 3.8) is 0 Å². The van der Waals surface area contributed by atoms with Crippen LogP contribution in [0.3, 0.4) is 0 Å². The molecule has 0 saturated carbocycles. The Morgan fingerprint density at radius 3 is 2.40 bits per heavy atom. The minimum absolute atomic E-state index is 0.0173. The molecule has 0 unspecified atom stereocenters. The van der Waals surface area contributed by atoms with Crippen LogP contribution in [0.25, 0.3) is 0 Å². The monoisotopic (exact) mass is 600 g/mol. The summed E-state index contributed by atoms with van der Waals surface area (Å²) in [5, 5.41) is 2.83. The topological polar surface area (TPSA) is 111 Å². The molecule has 42 heavy (non-hydrogen) atoms. The van der Waals surface area contributed by atoms with Gasteiger partial charge in [0.25, 0.3) is 11.8 Å². The van der Waals surface area contributed by atoms with Gasteiger partial charge in [-0.1, -0.05) is 17.7 Å². The Morgan fingerprint density at radius 2 is 1.71 bits per heavy atom. The van der Waals surface area contributed by atoms with Gasteiger partial charge in [0, 0.05) is 50.2 Å². The van der Waals surface area contributed by atoms with Crippen molar-refractivity contribution in [2.24, 2.45) is 0 Å². The molecule has 2 aliphatic heterocycles. The molecule has 2 aliphatic rings. The summed E-state index contributed by atoms with van der Waals surface area (Å²) >= 11 is 6.42. The number of ether oxygens (including phenoxy) is 1. The number of amides is 3. The molecular weight excluding hydrogens is 570 g/mol. The van der Waals surface area contributed by atoms with Crippen molar-refractivity contribution in [1.82, 2.24) is 24.7 Å². The van der Waals surface area contributed by atoms with Crippen LogP contribution in [0.15, 0.2) is 36.5 Å². The van der Waals surface area contributed by atoms with E-state index in [2.05, 4.69) is 20.2 Å². The van der Waals surface area contributed by atoms with E-state index in [0.29, 0.717) is 49.7 Å². The van der Waals surface area contributed by atoms with E-state index in [9.17, 15) is 23.2 Å². The van der Waals surface area contributed by atoms with Crippen molar-refractivity contribution in [3.8, 4) is 5.75 Å². The van der Waals surface area contributed by atoms with E-state index in [-0.39, 0.29) is 40.4 Å². The molecule has 222 valence electrons. The normalized spacial score (nSPS) is 15.6. The van der Waals surface area contributed by atoms with Gasteiger partial charge in [-0.2, -0.15) is 4.39 Å². The molecule has 3 heterocycles. The first kappa shape index (κ1) is 29.5. The Balaban J connectivity index is 1.15. The lowest BCUT2D eigenvalue weighted by molar-refractivity contribution is -0.133. The molecule has 13 heteroatoms. The average molecular weight is 601 g/mol. The van der Waals surface area contributed by atoms with Crippen molar-refractivity contribution in [3.05, 3.63) is 75.8 Å². The summed E-state index contributed by atoms with van der Waals surface area (Å²) in [6.07, 6.45) is 3.60. The quantitative estimate of drug-likeness (QED) is 0.409. The molecule has 5 rings (SSSR count). The van der Waals surface area contributed by atoms with Crippen LogP contribution in [0.2, 0.25) is 5.02 Å². The Kier molecular flexibility index (Phi) is 9.03. The fraction of sp³-hybridized carbons (Fsp3) is 0.379. The molecular formula is C29H31ClF2N6O4. The number of carbonyl (C=O) groups is 3. The SMILES string of the molecule is COc1ccc(Cc2cnc(C(=O)Nc3ccc(C(=O)N4CCN(C(=O)CN5CCCC5)CC4)c(Cl)c3)[nH]2)c(F)c1F. The summed E-state index contributed by atoms with van der Waals surface area (Å²) in [4.78, 5) is 51.0. The van der Waals surface area contributed by atoms with E-state index in [1.807, 2.05) is 0 Å². The van der Waals surface area contributed by atoms with Gasteiger partial charge in [0.15, 0.2) is 17.4 Å². The number of rotatable bonds is 8. The summed E-state index contributed by atoms with van der Waals surface area (Å²) < 4.78 is 33.1. The van der Waals surface area contributed by atoms with Gasteiger partial charge < -0.3 is 24.8 Å². The summed E-state index contributed by atoms with van der Waals surface area (Å²) in [7, 11) is 1.25. The molecule has 1 aromatic heterocycles. The third kappa shape index (κ3) is 6.55. The van der Waals surface area contributed by atoms with Crippen LogP contribution < -0.4 is 10.1 Å². The largest absolute Gasteiger partial charge is 0.494 e. The number of halogens is 3. The molecule has 10 nitrogen and oxygen atoms in total. The molecule has 0 radical (unpaired) electrons. The lowest BCUT2D eigenvalue weighted by atomic mass is 10.1. The summed E-state index contributed by atoms with van der Waals surface area (Å²) in [6.45, 7) is 4.09. The summed E-state index contributed by atoms with van der Waals surface area (Å²) in [6, 6.07) is 7.30. The number of hydrogen-bond donors (Lipinski definition) is 2. The standard InChI is InChI=1S/C29H31ClF2N6O4/c1-42-23-7-4-18(25(31)26(23)32)14-20-16-33-27(34-20)28(40)35-19-5-6-21(22(30)15-19)29(41)38-12-10-37(11-13-38)24(39)17-36-8-2-3-9-36/h4-7,15-16H,2-3,8-14,17H2,1H3,(H,33,34)(H,35,40). The van der Waals surface area contributed by atoms with Gasteiger partial charge in [0.1, 0.15) is 0 Å². The molecule has 2 saturated heterocycles. The van der Waals surface area contributed by atoms with E-state index < -0.39 is 17.5 Å². The molecule has 2 fully saturated rings. The van der Waals surface area contributed by atoms with Crippen LogP contribution >= 0.6 is 11.6 Å². The van der Waals surface area contributed by atoms with E-state index in [4.69, 9.17) is 16.3 Å². The maximum Gasteiger partial charge on any atom is 0.291 e. The molecule has 0 atom stereocenters. The van der Waals surface area contributed by atoms with Crippen molar-refractivity contribution < 1.29 is 27.9 Å². The van der Waals surface area contributed by atoms with Crippen molar-refractivity contribution in [2.45, 2.75) is 19.3 Å². The van der Waals surface area contributed by atoms with Gasteiger partial charge in [0.2, 0.25) is 11.7 Å². The number of methoxy groups -OCH3 is 1. The first-order chi connectivity index (χ1) is 20.2. The van der Waals surface area contributed by atoms with Gasteiger partial charge in [-0.3, -0.25) is 19.3 Å². The van der Waals surface area contributed by atoms with Crippen molar-refractivity contribution in [2.75, 3.05) is 58.2 Å². The highest BCUT2D eigenvalue weighted by Gasteiger charge is 2.27. The van der Waals surface area contributed by atoms with Crippen molar-refractivity contribution >= 4 is 35.0 Å². The average Bonchev–Trinajstić information content (AvgIpc) is 3.68. The number of hydrogen-bond acceptors (Lipinski definition) is 6. The predicted octanol–water partition coefficient (Wildman–Crippen LogP) is 3.57. The highest BCUT2D eigenvalue weighted by Crippen LogP contribution is 2.25. The highest BCUT2D eigenvalue weighted by atomic mass is 35.5. The number of piperazine rings is 1. The first-order valence-corrected chi connectivity index (χ1v) is 14.1. The fourth-order valence-electron chi connectivity index (χ4n) is 5.15. The second kappa shape index (κ2) is 12.9. The Labute approximate surface area is 246 Å². The van der Waals surface area contributed by atoms with Gasteiger partial charge >= 0.3 is 0 Å². The summed E-state index contributed by atoms with van der Waals surface area (Å²) in [5.74, 6) is -3.09. The molecule has 0 bridgehead atoms. The van der Waals surface area contributed by atoms with Gasteiger partial charge in [0.05, 0.1) is 24.2 Å². The zero-order valence-electron chi connectivity index (χ0n) is 23.1. The smallest absolute Gasteiger partial charge is 0.291 e. The molecule has 0 spiro atoms. The number of benzene rings is 2. The van der Waals surface area contributed by atoms with Gasteiger partial charge in [-0.25, -0.2) is 9.37 Å². The highest BCUT2D eigenvalue weighted by molar-refractivity contribution is 6.34. The van der Waals surface area contributed by atoms with E-state index >= 15 is 0 Å². The number of imidazole rings is 1. The maximum absolute atomic E-state index is 14.3. The van der Waals surface area contributed by atoms with Gasteiger partial charge in [-0.15, -0.1) is 0 Å². The number of carbonyl (C=O) groups excluding carboxylic acids is 3. The van der Waals surface area contributed by atoms with E-state index in [1.165, 1.54) is 31.5 Å². The number of anilines is 1. The Hall–Kier alpha value is -4.03. The molecule has 0 aliphatic carbocycles. The molecule has 2 N–H and O–H groups in total. The second-order valence-corrected chi connectivity index (χ2v) is 10.7. The van der Waals surface area contributed by atoms with E-state index in [0.717, 1.165) is 25.9 Å². The van der Waals surface area contributed by atoms with Crippen LogP contribution in [0.1, 0.15) is 45.1 Å². The minimum Gasteiger partial charge on any atom is -0.494 e.